The molecule has 20 heavy (non-hydrogen) atoms. The van der Waals surface area contributed by atoms with E-state index in [2.05, 4.69) is 48.4 Å². The largest absolute Gasteiger partial charge is 0.407 e. The zero-order chi connectivity index (χ0) is 14.6. The lowest BCUT2D eigenvalue weighted by molar-refractivity contribution is 0.381. The van der Waals surface area contributed by atoms with Gasteiger partial charge in [0.25, 0.3) is 0 Å². The molecule has 0 bridgehead atoms. The number of rotatable bonds is 5. The summed E-state index contributed by atoms with van der Waals surface area (Å²) < 4.78 is 5.65. The fraction of sp³-hybridized carbons (Fsp3) is 0.467. The number of nitrogens with zero attached hydrogens (tertiary/aromatic N) is 3. The van der Waals surface area contributed by atoms with Crippen LogP contribution >= 0.6 is 0 Å². The number of hydrogen-bond acceptors (Lipinski definition) is 5. The van der Waals surface area contributed by atoms with Gasteiger partial charge in [-0.1, -0.05) is 35.4 Å². The Bertz CT molecular complexity index is 530. The zero-order valence-corrected chi connectivity index (χ0v) is 12.6. The van der Waals surface area contributed by atoms with E-state index >= 15 is 0 Å². The van der Waals surface area contributed by atoms with Gasteiger partial charge in [-0.3, -0.25) is 0 Å². The van der Waals surface area contributed by atoms with E-state index in [9.17, 15) is 0 Å². The van der Waals surface area contributed by atoms with E-state index in [4.69, 9.17) is 4.42 Å². The molecule has 1 aromatic heterocycles. The third kappa shape index (κ3) is 4.35. The predicted octanol–water partition coefficient (Wildman–Crippen LogP) is 2.59. The zero-order valence-electron chi connectivity index (χ0n) is 12.6. The van der Waals surface area contributed by atoms with Crippen molar-refractivity contribution in [1.29, 1.82) is 0 Å². The minimum Gasteiger partial charge on any atom is -0.407 e. The van der Waals surface area contributed by atoms with Gasteiger partial charge in [-0.05, 0) is 26.3 Å². The molecule has 5 heteroatoms. The highest BCUT2D eigenvalue weighted by molar-refractivity contribution is 5.26. The molecule has 0 saturated carbocycles. The maximum absolute atomic E-state index is 5.65. The Morgan fingerprint density at radius 1 is 1.15 bits per heavy atom. The first-order chi connectivity index (χ1) is 9.44. The van der Waals surface area contributed by atoms with E-state index in [1.807, 2.05) is 30.1 Å². The van der Waals surface area contributed by atoms with Gasteiger partial charge in [0.15, 0.2) is 0 Å². The lowest BCUT2D eigenvalue weighted by atomic mass is 10.1. The smallest absolute Gasteiger partial charge is 0.318 e. The van der Waals surface area contributed by atoms with Crippen molar-refractivity contribution in [1.82, 2.24) is 15.5 Å². The van der Waals surface area contributed by atoms with Crippen molar-refractivity contribution in [3.05, 3.63) is 41.8 Å². The number of nitrogens with one attached hydrogen (secondary N) is 1. The highest BCUT2D eigenvalue weighted by Crippen LogP contribution is 2.14. The molecule has 0 saturated heterocycles. The van der Waals surface area contributed by atoms with Crippen molar-refractivity contribution < 1.29 is 4.42 Å². The first kappa shape index (κ1) is 14.5. The van der Waals surface area contributed by atoms with Crippen molar-refractivity contribution in [2.24, 2.45) is 0 Å². The van der Waals surface area contributed by atoms with E-state index in [0.29, 0.717) is 18.5 Å². The van der Waals surface area contributed by atoms with Crippen LogP contribution in [0.5, 0.6) is 0 Å². The van der Waals surface area contributed by atoms with Gasteiger partial charge in [0.05, 0.1) is 6.54 Å². The molecule has 0 unspecified atom stereocenters. The molecule has 0 aliphatic rings. The van der Waals surface area contributed by atoms with Crippen LogP contribution in [-0.4, -0.2) is 22.8 Å². The van der Waals surface area contributed by atoms with Crippen LogP contribution in [0.25, 0.3) is 0 Å². The van der Waals surface area contributed by atoms with Gasteiger partial charge < -0.3 is 14.6 Å². The standard InChI is InChI=1S/C15H22N4O/c1-15(2,3)16-10-13-17-18-14(20-13)19(4)11-12-8-6-5-7-9-12/h5-9,16H,10-11H2,1-4H3. The molecule has 0 spiro atoms. The van der Waals surface area contributed by atoms with Gasteiger partial charge >= 0.3 is 6.01 Å². The quantitative estimate of drug-likeness (QED) is 0.908. The molecule has 0 radical (unpaired) electrons. The van der Waals surface area contributed by atoms with Gasteiger partial charge in [-0.2, -0.15) is 0 Å². The molecule has 0 fully saturated rings. The van der Waals surface area contributed by atoms with Crippen LogP contribution in [0.2, 0.25) is 0 Å². The van der Waals surface area contributed by atoms with Gasteiger partial charge in [-0.25, -0.2) is 0 Å². The highest BCUT2D eigenvalue weighted by atomic mass is 16.4. The molecule has 1 aromatic carbocycles. The summed E-state index contributed by atoms with van der Waals surface area (Å²) >= 11 is 0. The van der Waals surface area contributed by atoms with Gasteiger partial charge in [-0.15, -0.1) is 5.10 Å². The van der Waals surface area contributed by atoms with E-state index < -0.39 is 0 Å². The Morgan fingerprint density at radius 2 is 1.85 bits per heavy atom. The molecule has 2 aromatic rings. The highest BCUT2D eigenvalue weighted by Gasteiger charge is 2.14. The average Bonchev–Trinajstić information content (AvgIpc) is 2.86. The molecule has 0 aliphatic heterocycles. The Balaban J connectivity index is 1.94. The summed E-state index contributed by atoms with van der Waals surface area (Å²) in [5.74, 6) is 0.606. The second-order valence-corrected chi connectivity index (χ2v) is 5.92. The van der Waals surface area contributed by atoms with Gasteiger partial charge in [0.1, 0.15) is 0 Å². The van der Waals surface area contributed by atoms with Crippen LogP contribution in [-0.2, 0) is 13.1 Å². The minimum atomic E-state index is 0.0323. The van der Waals surface area contributed by atoms with Crippen LogP contribution in [0.4, 0.5) is 6.01 Å². The van der Waals surface area contributed by atoms with Crippen molar-refractivity contribution in [3.63, 3.8) is 0 Å². The lowest BCUT2D eigenvalue weighted by Crippen LogP contribution is -2.35. The van der Waals surface area contributed by atoms with Crippen LogP contribution in [0, 0.1) is 0 Å². The van der Waals surface area contributed by atoms with Crippen molar-refractivity contribution in [2.75, 3.05) is 11.9 Å². The predicted molar refractivity (Wildman–Crippen MR) is 79.4 cm³/mol. The summed E-state index contributed by atoms with van der Waals surface area (Å²) in [6.45, 7) is 7.63. The molecule has 5 nitrogen and oxygen atoms in total. The van der Waals surface area contributed by atoms with Crippen molar-refractivity contribution in [2.45, 2.75) is 39.4 Å². The maximum atomic E-state index is 5.65. The monoisotopic (exact) mass is 274 g/mol. The Hall–Kier alpha value is -1.88. The Kier molecular flexibility index (Phi) is 4.39. The molecule has 0 amide bonds. The summed E-state index contributed by atoms with van der Waals surface area (Å²) in [6.07, 6.45) is 0. The van der Waals surface area contributed by atoms with Crippen LogP contribution in [0.3, 0.4) is 0 Å². The summed E-state index contributed by atoms with van der Waals surface area (Å²) in [4.78, 5) is 1.95. The maximum Gasteiger partial charge on any atom is 0.318 e. The first-order valence-electron chi connectivity index (χ1n) is 6.76. The van der Waals surface area contributed by atoms with E-state index in [0.717, 1.165) is 6.54 Å². The number of hydrogen-bond donors (Lipinski definition) is 1. The summed E-state index contributed by atoms with van der Waals surface area (Å²) in [5.41, 5.74) is 1.24. The van der Waals surface area contributed by atoms with Crippen molar-refractivity contribution >= 4 is 6.01 Å². The summed E-state index contributed by atoms with van der Waals surface area (Å²) in [5, 5.41) is 11.5. The first-order valence-corrected chi connectivity index (χ1v) is 6.76. The van der Waals surface area contributed by atoms with Crippen LogP contribution < -0.4 is 10.2 Å². The third-order valence-corrected chi connectivity index (χ3v) is 2.82. The molecular formula is C15H22N4O. The Morgan fingerprint density at radius 3 is 2.50 bits per heavy atom. The molecule has 1 heterocycles. The summed E-state index contributed by atoms with van der Waals surface area (Å²) in [7, 11) is 1.95. The van der Waals surface area contributed by atoms with Crippen LogP contribution in [0.1, 0.15) is 32.2 Å². The van der Waals surface area contributed by atoms with Gasteiger partial charge in [0.2, 0.25) is 5.89 Å². The van der Waals surface area contributed by atoms with Crippen molar-refractivity contribution in [3.8, 4) is 0 Å². The average molecular weight is 274 g/mol. The van der Waals surface area contributed by atoms with E-state index in [1.54, 1.807) is 0 Å². The fourth-order valence-electron chi connectivity index (χ4n) is 1.74. The van der Waals surface area contributed by atoms with Crippen LogP contribution in [0.15, 0.2) is 34.7 Å². The second kappa shape index (κ2) is 6.05. The summed E-state index contributed by atoms with van der Waals surface area (Å²) in [6, 6.07) is 10.8. The van der Waals surface area contributed by atoms with E-state index in [-0.39, 0.29) is 5.54 Å². The molecule has 1 N–H and O–H groups in total. The molecule has 0 aliphatic carbocycles. The molecule has 0 atom stereocenters. The molecule has 108 valence electrons. The minimum absolute atomic E-state index is 0.0323. The SMILES string of the molecule is CN(Cc1ccccc1)c1nnc(CNC(C)(C)C)o1. The number of anilines is 1. The lowest BCUT2D eigenvalue weighted by Gasteiger charge is -2.18. The van der Waals surface area contributed by atoms with Gasteiger partial charge in [0, 0.05) is 19.1 Å². The van der Waals surface area contributed by atoms with E-state index in [1.165, 1.54) is 5.56 Å². The molecule has 2 rings (SSSR count). The molecular weight excluding hydrogens is 252 g/mol. The number of benzene rings is 1. The fourth-order valence-corrected chi connectivity index (χ4v) is 1.74. The third-order valence-electron chi connectivity index (χ3n) is 2.82. The Labute approximate surface area is 120 Å². The topological polar surface area (TPSA) is 54.2 Å². The number of aromatic nitrogens is 2. The normalized spacial score (nSPS) is 11.6. The second-order valence-electron chi connectivity index (χ2n) is 5.92.